The second-order valence-electron chi connectivity index (χ2n) is 21.4. The molecule has 2 atom stereocenters. The second kappa shape index (κ2) is 59.6. The Hall–Kier alpha value is -1.92. The number of carbonyl (C=O) groups is 2. The van der Waals surface area contributed by atoms with E-state index in [9.17, 15) is 19.8 Å². The van der Waals surface area contributed by atoms with Gasteiger partial charge in [0.05, 0.1) is 25.4 Å². The van der Waals surface area contributed by atoms with E-state index >= 15 is 0 Å². The lowest BCUT2D eigenvalue weighted by atomic mass is 10.0. The van der Waals surface area contributed by atoms with Crippen molar-refractivity contribution in [3.05, 3.63) is 36.5 Å². The van der Waals surface area contributed by atoms with Crippen LogP contribution in [0.3, 0.4) is 0 Å². The van der Waals surface area contributed by atoms with Gasteiger partial charge in [-0.05, 0) is 77.0 Å². The van der Waals surface area contributed by atoms with Gasteiger partial charge < -0.3 is 20.3 Å². The van der Waals surface area contributed by atoms with E-state index in [1.807, 2.05) is 0 Å². The molecule has 2 unspecified atom stereocenters. The average Bonchev–Trinajstić information content (AvgIpc) is 3.36. The number of nitrogens with one attached hydrogen (secondary N) is 1. The molecule has 0 aromatic rings. The van der Waals surface area contributed by atoms with Gasteiger partial charge in [0.15, 0.2) is 0 Å². The summed E-state index contributed by atoms with van der Waals surface area (Å²) >= 11 is 0. The molecule has 0 saturated heterocycles. The fraction of sp³-hybridized carbons (Fsp3) is 0.875. The number of aliphatic hydroxyl groups excluding tert-OH is 2. The number of carbonyl (C=O) groups excluding carboxylic acids is 2. The summed E-state index contributed by atoms with van der Waals surface area (Å²) in [6.45, 7) is 4.89. The summed E-state index contributed by atoms with van der Waals surface area (Å²) in [5.74, 6) is -0.0589. The Morgan fingerprint density at radius 2 is 0.743 bits per heavy atom. The first-order chi connectivity index (χ1) is 34.5. The summed E-state index contributed by atoms with van der Waals surface area (Å²) in [6, 6.07) is -0.553. The highest BCUT2D eigenvalue weighted by Crippen LogP contribution is 2.18. The lowest BCUT2D eigenvalue weighted by molar-refractivity contribution is -0.143. The maximum Gasteiger partial charge on any atom is 0.305 e. The van der Waals surface area contributed by atoms with Gasteiger partial charge >= 0.3 is 5.97 Å². The van der Waals surface area contributed by atoms with E-state index in [1.165, 1.54) is 231 Å². The van der Waals surface area contributed by atoms with Gasteiger partial charge in [-0.25, -0.2) is 0 Å². The Kier molecular flexibility index (Phi) is 58.0. The summed E-state index contributed by atoms with van der Waals surface area (Å²) < 4.78 is 5.46. The van der Waals surface area contributed by atoms with Gasteiger partial charge in [-0.2, -0.15) is 0 Å². The molecule has 412 valence electrons. The van der Waals surface area contributed by atoms with Crippen LogP contribution in [0.15, 0.2) is 36.5 Å². The van der Waals surface area contributed by atoms with Crippen molar-refractivity contribution in [2.24, 2.45) is 0 Å². The van der Waals surface area contributed by atoms with Gasteiger partial charge in [0.1, 0.15) is 0 Å². The SMILES string of the molecule is CCC/C=C\C/C=C\CCCCCCCC(=O)OCCCCCCCCCCC/C=C\CCCCCCCC(=O)NC(CO)C(O)CCCCCCCCCCCCCCCCCCCCCCCC. The normalized spacial score (nSPS) is 12.8. The molecular weight excluding hydrogens is 863 g/mol. The molecule has 0 aliphatic rings. The van der Waals surface area contributed by atoms with Crippen LogP contribution in [0.25, 0.3) is 0 Å². The molecular formula is C64H121NO5. The maximum atomic E-state index is 12.5. The van der Waals surface area contributed by atoms with Crippen LogP contribution in [0, 0.1) is 0 Å². The van der Waals surface area contributed by atoms with Gasteiger partial charge in [0.25, 0.3) is 0 Å². The Labute approximate surface area is 436 Å². The molecule has 0 aliphatic carbocycles. The van der Waals surface area contributed by atoms with E-state index in [1.54, 1.807) is 0 Å². The molecule has 0 bridgehead atoms. The molecule has 0 radical (unpaired) electrons. The van der Waals surface area contributed by atoms with Crippen molar-refractivity contribution < 1.29 is 24.5 Å². The highest BCUT2D eigenvalue weighted by molar-refractivity contribution is 5.76. The third-order valence-electron chi connectivity index (χ3n) is 14.4. The minimum Gasteiger partial charge on any atom is -0.466 e. The zero-order valence-electron chi connectivity index (χ0n) is 47.0. The topological polar surface area (TPSA) is 95.9 Å². The molecule has 0 aromatic heterocycles. The zero-order chi connectivity index (χ0) is 50.7. The zero-order valence-corrected chi connectivity index (χ0v) is 47.0. The standard InChI is InChI=1S/C64H121NO5/c1-3-5-7-9-11-13-15-17-18-19-20-21-22-23-26-29-33-36-40-44-48-52-56-62(67)61(60-66)65-63(68)57-53-49-45-41-37-34-30-27-24-25-28-31-35-39-43-47-51-55-59-70-64(69)58-54-50-46-42-38-32-16-14-12-10-8-6-4-2/h8,10,14,16,27,30,61-62,66-67H,3-7,9,11-13,15,17-26,28-29,31-60H2,1-2H3,(H,65,68)/b10-8-,16-14-,30-27-. The smallest absolute Gasteiger partial charge is 0.305 e. The number of unbranched alkanes of at least 4 members (excludes halogenated alkanes) is 41. The maximum absolute atomic E-state index is 12.5. The van der Waals surface area contributed by atoms with Crippen molar-refractivity contribution in [2.75, 3.05) is 13.2 Å². The van der Waals surface area contributed by atoms with E-state index in [2.05, 4.69) is 55.6 Å². The first-order valence-corrected chi connectivity index (χ1v) is 31.2. The molecule has 0 aliphatic heterocycles. The number of ether oxygens (including phenoxy) is 1. The average molecular weight is 985 g/mol. The highest BCUT2D eigenvalue weighted by Gasteiger charge is 2.20. The summed E-state index contributed by atoms with van der Waals surface area (Å²) in [5, 5.41) is 23.4. The molecule has 6 heteroatoms. The Morgan fingerprint density at radius 1 is 0.400 bits per heavy atom. The lowest BCUT2D eigenvalue weighted by Crippen LogP contribution is -2.45. The number of esters is 1. The van der Waals surface area contributed by atoms with Crippen molar-refractivity contribution in [3.63, 3.8) is 0 Å². The molecule has 0 rings (SSSR count). The van der Waals surface area contributed by atoms with Gasteiger partial charge in [0.2, 0.25) is 5.91 Å². The fourth-order valence-electron chi connectivity index (χ4n) is 9.61. The van der Waals surface area contributed by atoms with E-state index in [4.69, 9.17) is 4.74 Å². The minimum atomic E-state index is -0.675. The van der Waals surface area contributed by atoms with E-state index in [0.29, 0.717) is 25.9 Å². The van der Waals surface area contributed by atoms with Gasteiger partial charge in [-0.15, -0.1) is 0 Å². The fourth-order valence-corrected chi connectivity index (χ4v) is 9.61. The summed E-state index contributed by atoms with van der Waals surface area (Å²) in [6.07, 6.45) is 74.4. The van der Waals surface area contributed by atoms with E-state index in [-0.39, 0.29) is 18.5 Å². The summed E-state index contributed by atoms with van der Waals surface area (Å²) in [7, 11) is 0. The quantitative estimate of drug-likeness (QED) is 0.0321. The predicted molar refractivity (Wildman–Crippen MR) is 306 cm³/mol. The van der Waals surface area contributed by atoms with Crippen molar-refractivity contribution in [2.45, 2.75) is 347 Å². The second-order valence-corrected chi connectivity index (χ2v) is 21.4. The lowest BCUT2D eigenvalue weighted by Gasteiger charge is -2.22. The number of hydrogen-bond acceptors (Lipinski definition) is 5. The summed E-state index contributed by atoms with van der Waals surface area (Å²) in [5.41, 5.74) is 0. The van der Waals surface area contributed by atoms with Gasteiger partial charge in [0, 0.05) is 12.8 Å². The van der Waals surface area contributed by atoms with Gasteiger partial charge in [-0.3, -0.25) is 9.59 Å². The number of aliphatic hydroxyl groups is 2. The molecule has 0 saturated carbocycles. The Morgan fingerprint density at radius 3 is 1.16 bits per heavy atom. The molecule has 0 spiro atoms. The van der Waals surface area contributed by atoms with Crippen LogP contribution in [-0.4, -0.2) is 47.4 Å². The summed E-state index contributed by atoms with van der Waals surface area (Å²) in [4.78, 5) is 24.5. The van der Waals surface area contributed by atoms with E-state index in [0.717, 1.165) is 70.6 Å². The van der Waals surface area contributed by atoms with Gasteiger partial charge in [-0.1, -0.05) is 281 Å². The number of amides is 1. The molecule has 0 heterocycles. The first kappa shape index (κ1) is 68.1. The van der Waals surface area contributed by atoms with Crippen LogP contribution in [-0.2, 0) is 14.3 Å². The van der Waals surface area contributed by atoms with Crippen molar-refractivity contribution >= 4 is 11.9 Å². The van der Waals surface area contributed by atoms with Crippen molar-refractivity contribution in [1.82, 2.24) is 5.32 Å². The Balaban J connectivity index is 3.46. The minimum absolute atomic E-state index is 0.0121. The molecule has 6 nitrogen and oxygen atoms in total. The molecule has 0 fully saturated rings. The molecule has 3 N–H and O–H groups in total. The Bertz CT molecular complexity index is 1130. The molecule has 70 heavy (non-hydrogen) atoms. The van der Waals surface area contributed by atoms with Crippen LogP contribution in [0.4, 0.5) is 0 Å². The largest absolute Gasteiger partial charge is 0.466 e. The van der Waals surface area contributed by atoms with Crippen LogP contribution in [0.5, 0.6) is 0 Å². The monoisotopic (exact) mass is 984 g/mol. The predicted octanol–water partition coefficient (Wildman–Crippen LogP) is 19.6. The number of rotatable bonds is 58. The third kappa shape index (κ3) is 55.4. The van der Waals surface area contributed by atoms with E-state index < -0.39 is 12.1 Å². The first-order valence-electron chi connectivity index (χ1n) is 31.2. The van der Waals surface area contributed by atoms with Crippen LogP contribution in [0.1, 0.15) is 335 Å². The van der Waals surface area contributed by atoms with Crippen LogP contribution >= 0.6 is 0 Å². The van der Waals surface area contributed by atoms with Crippen LogP contribution < -0.4 is 5.32 Å². The van der Waals surface area contributed by atoms with Crippen molar-refractivity contribution in [1.29, 1.82) is 0 Å². The van der Waals surface area contributed by atoms with Crippen LogP contribution in [0.2, 0.25) is 0 Å². The molecule has 1 amide bonds. The number of allylic oxidation sites excluding steroid dienone is 6. The highest BCUT2D eigenvalue weighted by atomic mass is 16.5. The third-order valence-corrected chi connectivity index (χ3v) is 14.4. The molecule has 0 aromatic carbocycles. The van der Waals surface area contributed by atoms with Crippen molar-refractivity contribution in [3.8, 4) is 0 Å². The number of hydrogen-bond donors (Lipinski definition) is 3.